The minimum Gasteiger partial charge on any atom is -0.394 e. The minimum absolute atomic E-state index is 0.158. The summed E-state index contributed by atoms with van der Waals surface area (Å²) in [6, 6.07) is 4.94. The van der Waals surface area contributed by atoms with Gasteiger partial charge in [0.05, 0.1) is 18.7 Å². The monoisotopic (exact) mass is 496 g/mol. The molecule has 0 bridgehead atoms. The molecule has 1 heterocycles. The summed E-state index contributed by atoms with van der Waals surface area (Å²) in [7, 11) is 0. The lowest BCUT2D eigenvalue weighted by atomic mass is 9.91. The summed E-state index contributed by atoms with van der Waals surface area (Å²) in [6.07, 6.45) is 2.96. The van der Waals surface area contributed by atoms with Crippen molar-refractivity contribution in [2.45, 2.75) is 57.4 Å². The molecule has 4 atom stereocenters. The average Bonchev–Trinajstić information content (AvgIpc) is 2.82. The number of fused-ring (bicyclic) bond motifs is 1. The summed E-state index contributed by atoms with van der Waals surface area (Å²) in [6.45, 7) is 3.77. The number of aliphatic hydroxyl groups is 1. The molecule has 0 saturated carbocycles. The third-order valence-corrected chi connectivity index (χ3v) is 6.87. The molecule has 3 amide bonds. The third-order valence-electron chi connectivity index (χ3n) is 5.84. The highest BCUT2D eigenvalue weighted by Gasteiger charge is 2.39. The van der Waals surface area contributed by atoms with Crippen LogP contribution in [0.1, 0.15) is 31.4 Å². The van der Waals surface area contributed by atoms with Crippen LogP contribution in [0.5, 0.6) is 0 Å². The average molecular weight is 497 g/mol. The van der Waals surface area contributed by atoms with E-state index in [1.807, 2.05) is 44.4 Å². The van der Waals surface area contributed by atoms with Crippen LogP contribution in [0.2, 0.25) is 0 Å². The number of nitrogens with two attached hydrogens (primary N) is 1. The van der Waals surface area contributed by atoms with E-state index in [9.17, 15) is 19.5 Å². The molecule has 1 aliphatic rings. The molecule has 10 heteroatoms. The van der Waals surface area contributed by atoms with Gasteiger partial charge in [0.25, 0.3) is 0 Å². The highest BCUT2D eigenvalue weighted by Crippen LogP contribution is 2.25. The summed E-state index contributed by atoms with van der Waals surface area (Å²) in [5, 5.41) is 15.4. The Morgan fingerprint density at radius 2 is 1.91 bits per heavy atom. The van der Waals surface area contributed by atoms with Gasteiger partial charge in [-0.2, -0.15) is 24.4 Å². The Morgan fingerprint density at radius 3 is 2.48 bits per heavy atom. The molecule has 0 aromatic heterocycles. The van der Waals surface area contributed by atoms with Crippen molar-refractivity contribution in [2.24, 2.45) is 11.7 Å². The molecule has 5 N–H and O–H groups in total. The first-order valence-electron chi connectivity index (χ1n) is 11.2. The molecule has 2 rings (SSSR count). The molecule has 0 saturated heterocycles. The van der Waals surface area contributed by atoms with Gasteiger partial charge in [-0.05, 0) is 35.5 Å². The van der Waals surface area contributed by atoms with E-state index in [1.165, 1.54) is 4.90 Å². The molecule has 0 radical (unpaired) electrons. The molecule has 1 aromatic carbocycles. The van der Waals surface area contributed by atoms with E-state index in [0.717, 1.165) is 16.9 Å². The normalized spacial score (nSPS) is 18.3. The van der Waals surface area contributed by atoms with Crippen LogP contribution in [-0.4, -0.2) is 76.3 Å². The van der Waals surface area contributed by atoms with Gasteiger partial charge in [0.15, 0.2) is 0 Å². The van der Waals surface area contributed by atoms with Crippen LogP contribution in [0.4, 0.5) is 0 Å². The predicted molar refractivity (Wildman–Crippen MR) is 135 cm³/mol. The zero-order chi connectivity index (χ0) is 24.5. The van der Waals surface area contributed by atoms with E-state index in [1.54, 1.807) is 11.8 Å². The second-order valence-corrected chi connectivity index (χ2v) is 9.99. The van der Waals surface area contributed by atoms with Gasteiger partial charge in [0, 0.05) is 18.7 Å². The second-order valence-electron chi connectivity index (χ2n) is 8.64. The van der Waals surface area contributed by atoms with Crippen LogP contribution in [0.15, 0.2) is 24.3 Å². The number of carbonyl (C=O) groups excluding carboxylic acids is 3. The number of carbonyl (C=O) groups is 3. The van der Waals surface area contributed by atoms with Gasteiger partial charge in [-0.3, -0.25) is 14.4 Å². The molecule has 184 valence electrons. The van der Waals surface area contributed by atoms with Crippen molar-refractivity contribution in [2.75, 3.05) is 24.4 Å². The van der Waals surface area contributed by atoms with Gasteiger partial charge in [-0.25, -0.2) is 0 Å². The van der Waals surface area contributed by atoms with Gasteiger partial charge in [0.1, 0.15) is 12.1 Å². The van der Waals surface area contributed by atoms with Crippen molar-refractivity contribution in [1.82, 2.24) is 15.5 Å². The fourth-order valence-electron chi connectivity index (χ4n) is 3.79. The molecular weight excluding hydrogens is 460 g/mol. The smallest absolute Gasteiger partial charge is 0.246 e. The van der Waals surface area contributed by atoms with Gasteiger partial charge < -0.3 is 26.4 Å². The number of thiol groups is 1. The van der Waals surface area contributed by atoms with Gasteiger partial charge in [-0.1, -0.05) is 38.1 Å². The van der Waals surface area contributed by atoms with Crippen LogP contribution < -0.4 is 16.4 Å². The summed E-state index contributed by atoms with van der Waals surface area (Å²) < 4.78 is 0. The summed E-state index contributed by atoms with van der Waals surface area (Å²) >= 11 is 5.70. The van der Waals surface area contributed by atoms with Crippen LogP contribution >= 0.6 is 24.4 Å². The molecule has 0 spiro atoms. The summed E-state index contributed by atoms with van der Waals surface area (Å²) in [5.41, 5.74) is 7.77. The SMILES string of the molecule is CSCC[C@H](CO)NC(=O)[C@H]1Cc2ccccc2CN1C(=O)[C@@H](NC(=O)[C@@H](N)CS)C(C)C. The maximum atomic E-state index is 13.7. The van der Waals surface area contributed by atoms with Crippen molar-refractivity contribution in [3.63, 3.8) is 0 Å². The first-order chi connectivity index (χ1) is 15.7. The van der Waals surface area contributed by atoms with E-state index in [-0.39, 0.29) is 42.7 Å². The molecule has 1 aliphatic heterocycles. The van der Waals surface area contributed by atoms with Crippen LogP contribution in [-0.2, 0) is 27.3 Å². The number of rotatable bonds is 11. The van der Waals surface area contributed by atoms with Crippen molar-refractivity contribution in [3.8, 4) is 0 Å². The first-order valence-corrected chi connectivity index (χ1v) is 13.2. The quantitative estimate of drug-likeness (QED) is 0.285. The fraction of sp³-hybridized carbons (Fsp3) is 0.609. The largest absolute Gasteiger partial charge is 0.394 e. The number of hydrogen-bond acceptors (Lipinski definition) is 7. The van der Waals surface area contributed by atoms with Crippen molar-refractivity contribution >= 4 is 42.1 Å². The van der Waals surface area contributed by atoms with Gasteiger partial charge >= 0.3 is 0 Å². The number of aliphatic hydroxyl groups excluding tert-OH is 1. The first kappa shape index (κ1) is 27.5. The lowest BCUT2D eigenvalue weighted by Gasteiger charge is -2.39. The Morgan fingerprint density at radius 1 is 1.24 bits per heavy atom. The number of hydrogen-bond donors (Lipinski definition) is 5. The summed E-state index contributed by atoms with van der Waals surface area (Å²) in [4.78, 5) is 40.9. The van der Waals surface area contributed by atoms with Crippen LogP contribution in [0.25, 0.3) is 0 Å². The Labute approximate surface area is 205 Å². The Kier molecular flexibility index (Phi) is 11.0. The molecular formula is C23H36N4O4S2. The number of benzene rings is 1. The zero-order valence-electron chi connectivity index (χ0n) is 19.5. The van der Waals surface area contributed by atoms with Crippen LogP contribution in [0, 0.1) is 5.92 Å². The predicted octanol–water partition coefficient (Wildman–Crippen LogP) is 0.568. The van der Waals surface area contributed by atoms with E-state index in [0.29, 0.717) is 12.8 Å². The lowest BCUT2D eigenvalue weighted by molar-refractivity contribution is -0.146. The Hall–Kier alpha value is -1.75. The van der Waals surface area contributed by atoms with E-state index in [2.05, 4.69) is 23.3 Å². The van der Waals surface area contributed by atoms with Crippen molar-refractivity contribution in [1.29, 1.82) is 0 Å². The van der Waals surface area contributed by atoms with Gasteiger partial charge in [0.2, 0.25) is 17.7 Å². The minimum atomic E-state index is -0.828. The van der Waals surface area contributed by atoms with E-state index in [4.69, 9.17) is 5.73 Å². The van der Waals surface area contributed by atoms with Gasteiger partial charge in [-0.15, -0.1) is 0 Å². The molecule has 8 nitrogen and oxygen atoms in total. The number of thioether (sulfide) groups is 1. The van der Waals surface area contributed by atoms with E-state index >= 15 is 0 Å². The maximum Gasteiger partial charge on any atom is 0.246 e. The molecule has 0 fully saturated rings. The highest BCUT2D eigenvalue weighted by molar-refractivity contribution is 7.98. The third kappa shape index (κ3) is 7.37. The molecule has 0 aliphatic carbocycles. The summed E-state index contributed by atoms with van der Waals surface area (Å²) in [5.74, 6) is -0.336. The van der Waals surface area contributed by atoms with E-state index < -0.39 is 24.0 Å². The molecule has 0 unspecified atom stereocenters. The van der Waals surface area contributed by atoms with Crippen LogP contribution in [0.3, 0.4) is 0 Å². The number of nitrogens with zero attached hydrogens (tertiary/aromatic N) is 1. The van der Waals surface area contributed by atoms with Crippen molar-refractivity contribution in [3.05, 3.63) is 35.4 Å². The fourth-order valence-corrected chi connectivity index (χ4v) is 4.48. The molecule has 33 heavy (non-hydrogen) atoms. The Balaban J connectivity index is 2.31. The Bertz CT molecular complexity index is 823. The topological polar surface area (TPSA) is 125 Å². The lowest BCUT2D eigenvalue weighted by Crippen LogP contribution is -2.61. The van der Waals surface area contributed by atoms with Crippen molar-refractivity contribution < 1.29 is 19.5 Å². The maximum absolute atomic E-state index is 13.7. The number of nitrogens with one attached hydrogen (secondary N) is 2. The second kappa shape index (κ2) is 13.2. The number of amides is 3. The molecule has 1 aromatic rings. The zero-order valence-corrected chi connectivity index (χ0v) is 21.2. The standard InChI is InChI=1S/C23H36N4O4S2/c1-14(2)20(26-21(29)18(24)13-32)23(31)27-11-16-7-5-4-6-15(16)10-19(27)22(30)25-17(12-28)8-9-33-3/h4-7,14,17-20,28,32H,8-13,24H2,1-3H3,(H,25,30)(H,26,29)/t17-,18+,19-,20+/m1/s1. The highest BCUT2D eigenvalue weighted by atomic mass is 32.2.